The van der Waals surface area contributed by atoms with Gasteiger partial charge >= 0.3 is 0 Å². The summed E-state index contributed by atoms with van der Waals surface area (Å²) in [6.07, 6.45) is 1.06. The van der Waals surface area contributed by atoms with Crippen molar-refractivity contribution in [3.8, 4) is 0 Å². The van der Waals surface area contributed by atoms with Crippen molar-refractivity contribution in [2.24, 2.45) is 5.73 Å². The van der Waals surface area contributed by atoms with E-state index >= 15 is 0 Å². The van der Waals surface area contributed by atoms with Gasteiger partial charge in [0, 0.05) is 18.6 Å². The molecule has 3 N–H and O–H groups in total. The van der Waals surface area contributed by atoms with Crippen molar-refractivity contribution >= 4 is 0 Å². The predicted octanol–water partition coefficient (Wildman–Crippen LogP) is 1.05. The molecule has 0 bridgehead atoms. The Kier molecular flexibility index (Phi) is 2.11. The van der Waals surface area contributed by atoms with Crippen LogP contribution in [-0.2, 0) is 0 Å². The molecule has 2 rings (SSSR count). The van der Waals surface area contributed by atoms with Crippen molar-refractivity contribution in [2.75, 3.05) is 6.54 Å². The second kappa shape index (κ2) is 3.25. The molecule has 0 saturated carbocycles. The summed E-state index contributed by atoms with van der Waals surface area (Å²) < 4.78 is 0. The van der Waals surface area contributed by atoms with E-state index < -0.39 is 0 Å². The van der Waals surface area contributed by atoms with Crippen LogP contribution in [-0.4, -0.2) is 12.6 Å². The highest BCUT2D eigenvalue weighted by molar-refractivity contribution is 5.20. The monoisotopic (exact) mass is 162 g/mol. The molecule has 64 valence electrons. The summed E-state index contributed by atoms with van der Waals surface area (Å²) in [5, 5.41) is 3.40. The van der Waals surface area contributed by atoms with Crippen molar-refractivity contribution in [2.45, 2.75) is 18.5 Å². The highest BCUT2D eigenvalue weighted by atomic mass is 15.0. The van der Waals surface area contributed by atoms with E-state index in [1.165, 1.54) is 5.56 Å². The van der Waals surface area contributed by atoms with E-state index in [1.807, 2.05) is 6.07 Å². The van der Waals surface area contributed by atoms with E-state index in [2.05, 4.69) is 29.6 Å². The van der Waals surface area contributed by atoms with E-state index in [9.17, 15) is 0 Å². The van der Waals surface area contributed by atoms with Crippen LogP contribution >= 0.6 is 0 Å². The molecule has 0 spiro atoms. The van der Waals surface area contributed by atoms with Crippen LogP contribution in [0.4, 0.5) is 0 Å². The number of nitrogens with two attached hydrogens (primary N) is 1. The van der Waals surface area contributed by atoms with Gasteiger partial charge < -0.3 is 11.1 Å². The zero-order valence-corrected chi connectivity index (χ0v) is 7.03. The molecule has 1 aliphatic heterocycles. The summed E-state index contributed by atoms with van der Waals surface area (Å²) in [6, 6.07) is 11.3. The first-order chi connectivity index (χ1) is 5.86. The van der Waals surface area contributed by atoms with E-state index in [4.69, 9.17) is 5.73 Å². The smallest absolute Gasteiger partial charge is 0.0336 e. The largest absolute Gasteiger partial charge is 0.326 e. The number of hydrogen-bond donors (Lipinski definition) is 2. The number of rotatable bonds is 1. The van der Waals surface area contributed by atoms with Crippen molar-refractivity contribution in [3.05, 3.63) is 35.9 Å². The maximum absolute atomic E-state index is 5.80. The van der Waals surface area contributed by atoms with Gasteiger partial charge in [-0.1, -0.05) is 30.3 Å². The van der Waals surface area contributed by atoms with Gasteiger partial charge in [0.05, 0.1) is 0 Å². The zero-order chi connectivity index (χ0) is 8.39. The third kappa shape index (κ3) is 1.49. The molecular formula is C10H14N2. The Bertz CT molecular complexity index is 245. The Hall–Kier alpha value is -0.860. The fourth-order valence-electron chi connectivity index (χ4n) is 1.70. The second-order valence-electron chi connectivity index (χ2n) is 3.37. The summed E-state index contributed by atoms with van der Waals surface area (Å²) >= 11 is 0. The van der Waals surface area contributed by atoms with Crippen LogP contribution in [0.1, 0.15) is 18.0 Å². The minimum absolute atomic E-state index is 0.329. The van der Waals surface area contributed by atoms with Crippen molar-refractivity contribution in [3.63, 3.8) is 0 Å². The van der Waals surface area contributed by atoms with Gasteiger partial charge in [0.2, 0.25) is 0 Å². The summed E-state index contributed by atoms with van der Waals surface area (Å²) in [5.74, 6) is 0. The van der Waals surface area contributed by atoms with Crippen LogP contribution in [0.5, 0.6) is 0 Å². The van der Waals surface area contributed by atoms with Gasteiger partial charge in [0.25, 0.3) is 0 Å². The average Bonchev–Trinajstić information content (AvgIpc) is 2.54. The lowest BCUT2D eigenvalue weighted by atomic mass is 10.0. The maximum Gasteiger partial charge on any atom is 0.0336 e. The Morgan fingerprint density at radius 1 is 1.25 bits per heavy atom. The molecule has 0 amide bonds. The number of hydrogen-bond acceptors (Lipinski definition) is 2. The average molecular weight is 162 g/mol. The number of benzene rings is 1. The molecule has 2 heteroatoms. The quantitative estimate of drug-likeness (QED) is 0.647. The molecule has 2 nitrogen and oxygen atoms in total. The van der Waals surface area contributed by atoms with E-state index in [1.54, 1.807) is 0 Å². The Morgan fingerprint density at radius 3 is 2.58 bits per heavy atom. The highest BCUT2D eigenvalue weighted by Crippen LogP contribution is 2.21. The molecule has 0 aliphatic carbocycles. The first kappa shape index (κ1) is 7.77. The Balaban J connectivity index is 2.11. The molecule has 1 heterocycles. The molecule has 1 saturated heterocycles. The van der Waals surface area contributed by atoms with Crippen molar-refractivity contribution in [1.29, 1.82) is 0 Å². The lowest BCUT2D eigenvalue weighted by Crippen LogP contribution is -2.22. The predicted molar refractivity (Wildman–Crippen MR) is 49.8 cm³/mol. The first-order valence-electron chi connectivity index (χ1n) is 4.40. The van der Waals surface area contributed by atoms with Crippen LogP contribution in [0.2, 0.25) is 0 Å². The van der Waals surface area contributed by atoms with Crippen LogP contribution in [0.3, 0.4) is 0 Å². The van der Waals surface area contributed by atoms with E-state index in [0.717, 1.165) is 13.0 Å². The third-order valence-electron chi connectivity index (χ3n) is 2.37. The van der Waals surface area contributed by atoms with Crippen molar-refractivity contribution < 1.29 is 0 Å². The molecule has 0 radical (unpaired) electrons. The first-order valence-corrected chi connectivity index (χ1v) is 4.40. The standard InChI is InChI=1S/C10H14N2/c11-9-6-10(12-7-9)8-4-2-1-3-5-8/h1-5,9-10,12H,6-7,11H2/t9-,10-/m0/s1. The lowest BCUT2D eigenvalue weighted by molar-refractivity contribution is 0.640. The topological polar surface area (TPSA) is 38.0 Å². The van der Waals surface area contributed by atoms with Gasteiger partial charge in [0.15, 0.2) is 0 Å². The van der Waals surface area contributed by atoms with E-state index in [0.29, 0.717) is 12.1 Å². The molecule has 1 aromatic rings. The van der Waals surface area contributed by atoms with Gasteiger partial charge in [0.1, 0.15) is 0 Å². The SMILES string of the molecule is N[C@@H]1CN[C@H](c2ccccc2)C1. The second-order valence-corrected chi connectivity index (χ2v) is 3.37. The highest BCUT2D eigenvalue weighted by Gasteiger charge is 2.21. The van der Waals surface area contributed by atoms with Gasteiger partial charge in [-0.2, -0.15) is 0 Å². The Labute approximate surface area is 72.8 Å². The molecule has 1 aliphatic rings. The number of nitrogens with one attached hydrogen (secondary N) is 1. The minimum Gasteiger partial charge on any atom is -0.326 e. The molecular weight excluding hydrogens is 148 g/mol. The van der Waals surface area contributed by atoms with Gasteiger partial charge in [-0.25, -0.2) is 0 Å². The summed E-state index contributed by atoms with van der Waals surface area (Å²) in [7, 11) is 0. The summed E-state index contributed by atoms with van der Waals surface area (Å²) in [6.45, 7) is 0.944. The fourth-order valence-corrected chi connectivity index (χ4v) is 1.70. The molecule has 0 unspecified atom stereocenters. The van der Waals surface area contributed by atoms with E-state index in [-0.39, 0.29) is 0 Å². The lowest BCUT2D eigenvalue weighted by Gasteiger charge is -2.09. The zero-order valence-electron chi connectivity index (χ0n) is 7.03. The Morgan fingerprint density at radius 2 is 2.00 bits per heavy atom. The van der Waals surface area contributed by atoms with Gasteiger partial charge in [-0.3, -0.25) is 0 Å². The summed E-state index contributed by atoms with van der Waals surface area (Å²) in [5.41, 5.74) is 7.15. The minimum atomic E-state index is 0.329. The van der Waals surface area contributed by atoms with Crippen LogP contribution in [0, 0.1) is 0 Å². The van der Waals surface area contributed by atoms with Crippen LogP contribution in [0.25, 0.3) is 0 Å². The van der Waals surface area contributed by atoms with Crippen LogP contribution < -0.4 is 11.1 Å². The van der Waals surface area contributed by atoms with Crippen LogP contribution in [0.15, 0.2) is 30.3 Å². The summed E-state index contributed by atoms with van der Waals surface area (Å²) in [4.78, 5) is 0. The maximum atomic E-state index is 5.80. The van der Waals surface area contributed by atoms with Gasteiger partial charge in [-0.15, -0.1) is 0 Å². The molecule has 1 aromatic carbocycles. The molecule has 12 heavy (non-hydrogen) atoms. The molecule has 0 aromatic heterocycles. The molecule has 2 atom stereocenters. The fraction of sp³-hybridized carbons (Fsp3) is 0.400. The normalized spacial score (nSPS) is 29.1. The molecule has 1 fully saturated rings. The van der Waals surface area contributed by atoms with Crippen molar-refractivity contribution in [1.82, 2.24) is 5.32 Å². The third-order valence-corrected chi connectivity index (χ3v) is 2.37. The van der Waals surface area contributed by atoms with Gasteiger partial charge in [-0.05, 0) is 12.0 Å².